The number of aromatic nitrogens is 2. The number of nitrogens with zero attached hydrogens (tertiary/aromatic N) is 2. The first-order chi connectivity index (χ1) is 23.5. The van der Waals surface area contributed by atoms with E-state index in [2.05, 4.69) is 33.9 Å². The highest BCUT2D eigenvalue weighted by Gasteiger charge is 2.55. The average Bonchev–Trinajstić information content (AvgIpc) is 3.39. The minimum Gasteiger partial charge on any atom is -0.408 e. The summed E-state index contributed by atoms with van der Waals surface area (Å²) in [4.78, 5) is 39.6. The van der Waals surface area contributed by atoms with Crippen LogP contribution in [0.15, 0.2) is 46.1 Å². The van der Waals surface area contributed by atoms with Crippen LogP contribution in [0.3, 0.4) is 0 Å². The Morgan fingerprint density at radius 2 is 1.80 bits per heavy atom. The van der Waals surface area contributed by atoms with Gasteiger partial charge < -0.3 is 37.7 Å². The van der Waals surface area contributed by atoms with E-state index in [4.69, 9.17) is 32.6 Å². The Morgan fingerprint density at radius 3 is 2.40 bits per heavy atom. The van der Waals surface area contributed by atoms with Crippen molar-refractivity contribution in [1.29, 1.82) is 0 Å². The van der Waals surface area contributed by atoms with E-state index in [1.54, 1.807) is 13.8 Å². The van der Waals surface area contributed by atoms with Crippen LogP contribution in [0.1, 0.15) is 45.0 Å². The number of rotatable bonds is 20. The van der Waals surface area contributed by atoms with E-state index in [0.717, 1.165) is 10.1 Å². The van der Waals surface area contributed by atoms with E-state index in [1.807, 2.05) is 30.3 Å². The number of carbonyl (C=O) groups excluding carboxylic acids is 1. The molecule has 1 N–H and O–H groups in total. The predicted molar refractivity (Wildman–Crippen MR) is 190 cm³/mol. The molecule has 1 aliphatic heterocycles. The van der Waals surface area contributed by atoms with Gasteiger partial charge in [-0.3, -0.25) is 18.7 Å². The Labute approximate surface area is 295 Å². The lowest BCUT2D eigenvalue weighted by atomic mass is 10.1. The van der Waals surface area contributed by atoms with E-state index in [0.29, 0.717) is 0 Å². The molecule has 2 heterocycles. The number of benzene rings is 1. The molecule has 0 spiro atoms. The fourth-order valence-corrected chi connectivity index (χ4v) is 8.24. The highest BCUT2D eigenvalue weighted by atomic mass is 31.2. The number of methoxy groups -OCH3 is 1. The Balaban J connectivity index is 2.17. The lowest BCUT2D eigenvalue weighted by Crippen LogP contribution is -2.53. The Kier molecular flexibility index (Phi) is 15.5. The molecule has 0 amide bonds. The van der Waals surface area contributed by atoms with Crippen LogP contribution < -0.4 is 11.2 Å². The minimum absolute atomic E-state index is 0.110. The molecule has 282 valence electrons. The number of ether oxygens (including phenoxy) is 5. The first-order valence-electron chi connectivity index (χ1n) is 16.8. The molecule has 50 heavy (non-hydrogen) atoms. The first-order valence-corrected chi connectivity index (χ1v) is 22.0. The molecule has 1 unspecified atom stereocenters. The Bertz CT molecular complexity index is 1560. The molecule has 0 bridgehead atoms. The van der Waals surface area contributed by atoms with Gasteiger partial charge >= 0.3 is 5.69 Å². The smallest absolute Gasteiger partial charge is 0.335 e. The number of carbonyl (C=O) groups is 1. The van der Waals surface area contributed by atoms with Crippen LogP contribution in [-0.4, -0.2) is 106 Å². The summed E-state index contributed by atoms with van der Waals surface area (Å²) in [5, 5.41) is 9.18. The first kappa shape index (κ1) is 42.1. The molecule has 0 aliphatic carbocycles. The van der Waals surface area contributed by atoms with Crippen molar-refractivity contribution in [1.82, 2.24) is 9.13 Å². The van der Waals surface area contributed by atoms with Crippen molar-refractivity contribution in [3.05, 3.63) is 68.5 Å². The average molecular weight is 743 g/mol. The highest BCUT2D eigenvalue weighted by molar-refractivity contribution is 7.58. The zero-order valence-electron chi connectivity index (χ0n) is 30.8. The van der Waals surface area contributed by atoms with Gasteiger partial charge in [-0.25, -0.2) is 9.36 Å². The molecular weight excluding hydrogens is 687 g/mol. The minimum atomic E-state index is -3.30. The number of hydrogen-bond donors (Lipinski definition) is 1. The lowest BCUT2D eigenvalue weighted by molar-refractivity contribution is -0.136. The second kappa shape index (κ2) is 18.5. The molecule has 16 heteroatoms. The second-order valence-corrected chi connectivity index (χ2v) is 21.4. The normalized spacial score (nSPS) is 21.6. The van der Waals surface area contributed by atoms with Gasteiger partial charge in [0.15, 0.2) is 20.3 Å². The third-order valence-corrected chi connectivity index (χ3v) is 15.2. The topological polar surface area (TPSA) is 163 Å². The maximum Gasteiger partial charge on any atom is 0.335 e. The summed E-state index contributed by atoms with van der Waals surface area (Å²) in [7, 11) is -4.38. The van der Waals surface area contributed by atoms with Gasteiger partial charge in [-0.05, 0) is 37.5 Å². The van der Waals surface area contributed by atoms with Crippen LogP contribution in [0, 0.1) is 6.92 Å². The Morgan fingerprint density at radius 1 is 1.12 bits per heavy atom. The summed E-state index contributed by atoms with van der Waals surface area (Å²) in [6.07, 6.45) is -3.79. The summed E-state index contributed by atoms with van der Waals surface area (Å²) in [5.74, 6) is -0.587. The largest absolute Gasteiger partial charge is 0.408 e. The number of Topliss-reactive ketones (excluding diaryl/α,β-unsaturated/α-hetero) is 1. The van der Waals surface area contributed by atoms with Crippen LogP contribution in [0.25, 0.3) is 0 Å². The molecule has 2 aromatic rings. The zero-order chi connectivity index (χ0) is 37.3. The van der Waals surface area contributed by atoms with Crippen LogP contribution in [-0.2, 0) is 55.3 Å². The molecule has 6 atom stereocenters. The molecule has 1 aliphatic rings. The molecule has 1 aromatic carbocycles. The zero-order valence-corrected chi connectivity index (χ0v) is 32.7. The van der Waals surface area contributed by atoms with Gasteiger partial charge in [-0.1, -0.05) is 51.1 Å². The van der Waals surface area contributed by atoms with Crippen molar-refractivity contribution in [2.24, 2.45) is 0 Å². The lowest BCUT2D eigenvalue weighted by Gasteiger charge is -2.41. The molecule has 14 nitrogen and oxygen atoms in total. The van der Waals surface area contributed by atoms with Gasteiger partial charge in [0.25, 0.3) is 5.56 Å². The van der Waals surface area contributed by atoms with E-state index in [-0.39, 0.29) is 49.9 Å². The van der Waals surface area contributed by atoms with Gasteiger partial charge in [-0.2, -0.15) is 0 Å². The summed E-state index contributed by atoms with van der Waals surface area (Å²) < 4.78 is 58.6. The third kappa shape index (κ3) is 11.1. The summed E-state index contributed by atoms with van der Waals surface area (Å²) in [6.45, 7) is 14.3. The molecule has 0 saturated carbocycles. The molecule has 0 radical (unpaired) electrons. The molecule has 1 aromatic heterocycles. The summed E-state index contributed by atoms with van der Waals surface area (Å²) >= 11 is 0. The summed E-state index contributed by atoms with van der Waals surface area (Å²) in [6, 6.07) is 9.37. The van der Waals surface area contributed by atoms with Crippen LogP contribution in [0.5, 0.6) is 0 Å². The van der Waals surface area contributed by atoms with Crippen molar-refractivity contribution in [3.63, 3.8) is 0 Å². The quantitative estimate of drug-likeness (QED) is 0.119. The van der Waals surface area contributed by atoms with Crippen LogP contribution in [0.4, 0.5) is 0 Å². The van der Waals surface area contributed by atoms with Crippen molar-refractivity contribution in [2.45, 2.75) is 96.7 Å². The maximum atomic E-state index is 14.1. The fraction of sp³-hybridized carbons (Fsp3) is 0.676. The Hall–Kier alpha value is -2.30. The molecule has 1 saturated heterocycles. The highest BCUT2D eigenvalue weighted by Crippen LogP contribution is 2.48. The number of aliphatic hydroxyl groups is 1. The van der Waals surface area contributed by atoms with Gasteiger partial charge in [0.05, 0.1) is 38.7 Å². The van der Waals surface area contributed by atoms with E-state index in [1.165, 1.54) is 24.5 Å². The van der Waals surface area contributed by atoms with Crippen LogP contribution >= 0.6 is 7.37 Å². The predicted octanol–water partition coefficient (Wildman–Crippen LogP) is 3.70. The fourth-order valence-electron chi connectivity index (χ4n) is 5.32. The standard InChI is InChI=1S/C34H55N2O12PSi/c1-10-46-49(7,41)22-27(45-21-26(38)19-37)28-29(48-50(8,9)34(3,4)5)30(44-17-16-42-6)32(47-28)35-18-24(2)31(39)36(33(35)40)23-43-20-25-14-12-11-13-15-25/h11-15,18,27-30,32,37H,10,16-17,19-23H2,1-9H3/t27-,28-,29-,30-,32-,49?/m1/s1. The molecule has 1 fully saturated rings. The number of aliphatic hydroxyl groups excluding tert-OH is 1. The van der Waals surface area contributed by atoms with Crippen molar-refractivity contribution < 1.29 is 47.1 Å². The van der Waals surface area contributed by atoms with E-state index >= 15 is 0 Å². The van der Waals surface area contributed by atoms with E-state index in [9.17, 15) is 24.1 Å². The van der Waals surface area contributed by atoms with Crippen LogP contribution in [0.2, 0.25) is 18.1 Å². The van der Waals surface area contributed by atoms with Gasteiger partial charge in [0, 0.05) is 25.5 Å². The van der Waals surface area contributed by atoms with Crippen molar-refractivity contribution in [3.8, 4) is 0 Å². The number of hydrogen-bond acceptors (Lipinski definition) is 12. The number of ketones is 1. The molecule has 3 rings (SSSR count). The van der Waals surface area contributed by atoms with E-state index < -0.39 is 76.6 Å². The second-order valence-electron chi connectivity index (χ2n) is 14.0. The SMILES string of the molecule is CCOP(C)(=O)C[C@@H](OCC(=O)CO)[C@H]1O[C@@H](n2cc(C)c(=O)n(COCc3ccccc3)c2=O)[C@H](OCCOC)[C@@H]1O[Si](C)(C)C(C)(C)C. The number of aryl methyl sites for hydroxylation is 1. The molecular formula is C34H55N2O12PSi. The van der Waals surface area contributed by atoms with Crippen molar-refractivity contribution >= 4 is 21.5 Å². The van der Waals surface area contributed by atoms with Gasteiger partial charge in [-0.15, -0.1) is 0 Å². The monoisotopic (exact) mass is 742 g/mol. The van der Waals surface area contributed by atoms with Gasteiger partial charge in [0.2, 0.25) is 7.37 Å². The maximum absolute atomic E-state index is 14.1. The van der Waals surface area contributed by atoms with Gasteiger partial charge in [0.1, 0.15) is 38.3 Å². The van der Waals surface area contributed by atoms with Crippen molar-refractivity contribution in [2.75, 3.05) is 53.0 Å². The summed E-state index contributed by atoms with van der Waals surface area (Å²) in [5.41, 5.74) is -0.0896. The third-order valence-electron chi connectivity index (χ3n) is 8.95.